The third-order valence-corrected chi connectivity index (χ3v) is 2.77. The molecule has 112 valence electrons. The fourth-order valence-electron chi connectivity index (χ4n) is 1.63. The Hall–Kier alpha value is -2.55. The molecule has 0 unspecified atom stereocenters. The Morgan fingerprint density at radius 1 is 1.33 bits per heavy atom. The fourth-order valence-corrected chi connectivity index (χ4v) is 1.63. The summed E-state index contributed by atoms with van der Waals surface area (Å²) in [5.41, 5.74) is -0.110. The van der Waals surface area contributed by atoms with Crippen molar-refractivity contribution in [2.75, 3.05) is 6.61 Å². The van der Waals surface area contributed by atoms with Gasteiger partial charge in [0, 0.05) is 0 Å². The van der Waals surface area contributed by atoms with Gasteiger partial charge in [0.15, 0.2) is 6.61 Å². The number of hydrogen-bond donors (Lipinski definition) is 2. The lowest BCUT2D eigenvalue weighted by Crippen LogP contribution is -2.50. The molecule has 1 atom stereocenters. The highest BCUT2D eigenvalue weighted by molar-refractivity contribution is 5.84. The van der Waals surface area contributed by atoms with Crippen LogP contribution in [0.2, 0.25) is 0 Å². The number of carboxylic acid groups (broad SMARTS) is 1. The minimum absolute atomic E-state index is 0.286. The summed E-state index contributed by atoms with van der Waals surface area (Å²) in [4.78, 5) is 22.9. The van der Waals surface area contributed by atoms with Gasteiger partial charge in [0.1, 0.15) is 11.8 Å². The number of hydrogen-bond acceptors (Lipinski definition) is 4. The number of carboxylic acids is 1. The summed E-state index contributed by atoms with van der Waals surface area (Å²) in [5, 5.41) is 20.2. The van der Waals surface area contributed by atoms with Crippen LogP contribution in [0.25, 0.3) is 0 Å². The number of rotatable bonds is 5. The number of carbonyl (C=O) groups is 2. The van der Waals surface area contributed by atoms with E-state index in [0.717, 1.165) is 0 Å². The van der Waals surface area contributed by atoms with E-state index >= 15 is 0 Å². The van der Waals surface area contributed by atoms with Crippen molar-refractivity contribution in [1.29, 1.82) is 5.26 Å². The Labute approximate surface area is 123 Å². The van der Waals surface area contributed by atoms with Gasteiger partial charge in [-0.05, 0) is 29.7 Å². The second-order valence-electron chi connectivity index (χ2n) is 5.63. The molecule has 6 nitrogen and oxygen atoms in total. The third-order valence-electron chi connectivity index (χ3n) is 2.77. The van der Waals surface area contributed by atoms with Gasteiger partial charge in [-0.15, -0.1) is 0 Å². The molecule has 0 aliphatic rings. The maximum Gasteiger partial charge on any atom is 0.326 e. The lowest BCUT2D eigenvalue weighted by atomic mass is 9.87. The van der Waals surface area contributed by atoms with Crippen LogP contribution in [0.5, 0.6) is 5.75 Å². The van der Waals surface area contributed by atoms with E-state index in [9.17, 15) is 9.59 Å². The SMILES string of the molecule is CC(C)(C)[C@H](NC(=O)COc1ccc(C#N)cc1)C(=O)O. The molecule has 0 radical (unpaired) electrons. The van der Waals surface area contributed by atoms with E-state index in [-0.39, 0.29) is 6.61 Å². The quantitative estimate of drug-likeness (QED) is 0.857. The number of benzene rings is 1. The molecule has 0 aliphatic heterocycles. The number of amides is 1. The zero-order valence-corrected chi connectivity index (χ0v) is 12.2. The summed E-state index contributed by atoms with van der Waals surface area (Å²) >= 11 is 0. The predicted molar refractivity (Wildman–Crippen MR) is 75.7 cm³/mol. The standard InChI is InChI=1S/C15H18N2O4/c1-15(2,3)13(14(19)20)17-12(18)9-21-11-6-4-10(8-16)5-7-11/h4-7,13H,9H2,1-3H3,(H,17,18)(H,19,20)/t13-/m1/s1. The first-order chi connectivity index (χ1) is 9.74. The molecule has 0 aliphatic carbocycles. The highest BCUT2D eigenvalue weighted by Crippen LogP contribution is 2.19. The van der Waals surface area contributed by atoms with Gasteiger partial charge >= 0.3 is 5.97 Å². The molecule has 0 saturated carbocycles. The second kappa shape index (κ2) is 6.75. The Morgan fingerprint density at radius 2 is 1.90 bits per heavy atom. The summed E-state index contributed by atoms with van der Waals surface area (Å²) in [6.07, 6.45) is 0. The van der Waals surface area contributed by atoms with Gasteiger partial charge in [-0.25, -0.2) is 4.79 Å². The Kier molecular flexibility index (Phi) is 5.30. The Bertz CT molecular complexity index is 553. The first-order valence-electron chi connectivity index (χ1n) is 6.39. The van der Waals surface area contributed by atoms with Gasteiger partial charge in [0.25, 0.3) is 5.91 Å². The van der Waals surface area contributed by atoms with Gasteiger partial charge in [0.2, 0.25) is 0 Å². The number of nitrogens with zero attached hydrogens (tertiary/aromatic N) is 1. The normalized spacial score (nSPS) is 12.1. The van der Waals surface area contributed by atoms with Crippen LogP contribution in [0, 0.1) is 16.7 Å². The summed E-state index contributed by atoms with van der Waals surface area (Å²) in [6.45, 7) is 4.90. The number of aliphatic carboxylic acids is 1. The largest absolute Gasteiger partial charge is 0.484 e. The maximum atomic E-state index is 11.7. The van der Waals surface area contributed by atoms with Crippen LogP contribution in [0.4, 0.5) is 0 Å². The lowest BCUT2D eigenvalue weighted by molar-refractivity contribution is -0.145. The summed E-state index contributed by atoms with van der Waals surface area (Å²) in [6, 6.07) is 7.27. The van der Waals surface area contributed by atoms with E-state index in [1.54, 1.807) is 45.0 Å². The Morgan fingerprint density at radius 3 is 2.33 bits per heavy atom. The van der Waals surface area contributed by atoms with E-state index in [1.165, 1.54) is 0 Å². The molecule has 0 aromatic heterocycles. The van der Waals surface area contributed by atoms with Crippen molar-refractivity contribution in [2.24, 2.45) is 5.41 Å². The van der Waals surface area contributed by atoms with E-state index in [4.69, 9.17) is 15.1 Å². The molecule has 0 saturated heterocycles. The molecule has 1 aromatic carbocycles. The Balaban J connectivity index is 2.57. The van der Waals surface area contributed by atoms with Crippen molar-refractivity contribution in [3.05, 3.63) is 29.8 Å². The lowest BCUT2D eigenvalue weighted by Gasteiger charge is -2.27. The van der Waals surface area contributed by atoms with Gasteiger partial charge in [-0.3, -0.25) is 4.79 Å². The smallest absolute Gasteiger partial charge is 0.326 e. The molecule has 21 heavy (non-hydrogen) atoms. The molecule has 1 aromatic rings. The van der Waals surface area contributed by atoms with Gasteiger partial charge in [0.05, 0.1) is 11.6 Å². The molecule has 0 fully saturated rings. The first kappa shape index (κ1) is 16.5. The van der Waals surface area contributed by atoms with Crippen LogP contribution in [-0.4, -0.2) is 29.6 Å². The zero-order chi connectivity index (χ0) is 16.0. The van der Waals surface area contributed by atoms with E-state index < -0.39 is 23.3 Å². The molecular formula is C15H18N2O4. The predicted octanol–water partition coefficient (Wildman–Crippen LogP) is 1.55. The van der Waals surface area contributed by atoms with Crippen molar-refractivity contribution in [3.8, 4) is 11.8 Å². The van der Waals surface area contributed by atoms with E-state index in [2.05, 4.69) is 5.32 Å². The van der Waals surface area contributed by atoms with Crippen LogP contribution in [0.1, 0.15) is 26.3 Å². The maximum absolute atomic E-state index is 11.7. The van der Waals surface area contributed by atoms with Crippen molar-refractivity contribution >= 4 is 11.9 Å². The average molecular weight is 290 g/mol. The van der Waals surface area contributed by atoms with E-state index in [1.807, 2.05) is 6.07 Å². The van der Waals surface area contributed by atoms with Crippen LogP contribution >= 0.6 is 0 Å². The van der Waals surface area contributed by atoms with Crippen molar-refractivity contribution in [2.45, 2.75) is 26.8 Å². The summed E-state index contributed by atoms with van der Waals surface area (Å²) < 4.78 is 5.25. The van der Waals surface area contributed by atoms with Gasteiger partial charge < -0.3 is 15.2 Å². The minimum Gasteiger partial charge on any atom is -0.484 e. The highest BCUT2D eigenvalue weighted by atomic mass is 16.5. The van der Waals surface area contributed by atoms with Gasteiger partial charge in [-0.2, -0.15) is 5.26 Å². The molecule has 0 bridgehead atoms. The summed E-state index contributed by atoms with van der Waals surface area (Å²) in [5.74, 6) is -1.16. The monoisotopic (exact) mass is 290 g/mol. The fraction of sp³-hybridized carbons (Fsp3) is 0.400. The topological polar surface area (TPSA) is 99.4 Å². The van der Waals surface area contributed by atoms with Crippen LogP contribution in [0.15, 0.2) is 24.3 Å². The molecule has 2 N–H and O–H groups in total. The van der Waals surface area contributed by atoms with Crippen LogP contribution < -0.4 is 10.1 Å². The molecule has 0 heterocycles. The van der Waals surface area contributed by atoms with Crippen LogP contribution in [-0.2, 0) is 9.59 Å². The van der Waals surface area contributed by atoms with E-state index in [0.29, 0.717) is 11.3 Å². The van der Waals surface area contributed by atoms with Gasteiger partial charge in [-0.1, -0.05) is 20.8 Å². The number of carbonyl (C=O) groups excluding carboxylic acids is 1. The number of ether oxygens (including phenoxy) is 1. The molecule has 1 amide bonds. The summed E-state index contributed by atoms with van der Waals surface area (Å²) in [7, 11) is 0. The average Bonchev–Trinajstić information content (AvgIpc) is 2.41. The van der Waals surface area contributed by atoms with Crippen molar-refractivity contribution in [1.82, 2.24) is 5.32 Å². The van der Waals surface area contributed by atoms with Crippen molar-refractivity contribution < 1.29 is 19.4 Å². The van der Waals surface area contributed by atoms with Crippen molar-refractivity contribution in [3.63, 3.8) is 0 Å². The molecule has 6 heteroatoms. The number of nitriles is 1. The minimum atomic E-state index is -1.09. The van der Waals surface area contributed by atoms with Crippen LogP contribution in [0.3, 0.4) is 0 Å². The highest BCUT2D eigenvalue weighted by Gasteiger charge is 2.32. The first-order valence-corrected chi connectivity index (χ1v) is 6.39. The molecule has 1 rings (SSSR count). The third kappa shape index (κ3) is 5.15. The molecule has 0 spiro atoms. The molecular weight excluding hydrogens is 272 g/mol. The second-order valence-corrected chi connectivity index (χ2v) is 5.63. The number of nitrogens with one attached hydrogen (secondary N) is 1. The zero-order valence-electron chi connectivity index (χ0n) is 12.2.